The number of ether oxygens (including phenoxy) is 1. The zero-order chi connectivity index (χ0) is 20.8. The van der Waals surface area contributed by atoms with Crippen molar-refractivity contribution in [3.8, 4) is 28.3 Å². The largest absolute Gasteiger partial charge is 0.482 e. The highest BCUT2D eigenvalue weighted by Crippen LogP contribution is 2.32. The Bertz CT molecular complexity index is 1070. The number of oxazole rings is 1. The number of hydrogen-bond acceptors (Lipinski definition) is 5. The van der Waals surface area contributed by atoms with Crippen LogP contribution in [0.3, 0.4) is 0 Å². The van der Waals surface area contributed by atoms with Gasteiger partial charge in [0, 0.05) is 22.9 Å². The quantitative estimate of drug-likeness (QED) is 0.429. The number of anilines is 1. The molecule has 3 aromatic carbocycles. The number of hydrogen-bond donors (Lipinski definition) is 2. The number of nitrogens with zero attached hydrogens (tertiary/aromatic N) is 1. The summed E-state index contributed by atoms with van der Waals surface area (Å²) in [6.45, 7) is -0.0148. The highest BCUT2D eigenvalue weighted by atomic mass is 16.5. The molecule has 0 saturated carbocycles. The maximum Gasteiger partial charge on any atom is 0.341 e. The van der Waals surface area contributed by atoms with E-state index in [1.165, 1.54) is 0 Å². The Kier molecular flexibility index (Phi) is 5.75. The van der Waals surface area contributed by atoms with E-state index in [0.29, 0.717) is 18.2 Å². The van der Waals surface area contributed by atoms with E-state index in [9.17, 15) is 4.79 Å². The average molecular weight is 400 g/mol. The SMILES string of the molecule is O=C(O)COc1cccc(NCc2nc(-c3ccccc3)c(-c3ccccc3)o2)c1. The van der Waals surface area contributed by atoms with Gasteiger partial charge in [-0.25, -0.2) is 9.78 Å². The lowest BCUT2D eigenvalue weighted by atomic mass is 10.1. The van der Waals surface area contributed by atoms with E-state index in [1.54, 1.807) is 18.2 Å². The van der Waals surface area contributed by atoms with E-state index in [4.69, 9.17) is 19.2 Å². The lowest BCUT2D eigenvalue weighted by Gasteiger charge is -2.07. The minimum atomic E-state index is -1.02. The van der Waals surface area contributed by atoms with Gasteiger partial charge in [0.05, 0.1) is 6.54 Å². The first kappa shape index (κ1) is 19.3. The van der Waals surface area contributed by atoms with Crippen LogP contribution in [0.15, 0.2) is 89.3 Å². The number of carboxylic acids is 1. The van der Waals surface area contributed by atoms with Crippen LogP contribution in [0.1, 0.15) is 5.89 Å². The van der Waals surface area contributed by atoms with Crippen molar-refractivity contribution in [3.63, 3.8) is 0 Å². The predicted octanol–water partition coefficient (Wildman–Crippen LogP) is 5.08. The summed E-state index contributed by atoms with van der Waals surface area (Å²) in [5.41, 5.74) is 3.50. The molecule has 0 bridgehead atoms. The van der Waals surface area contributed by atoms with Crippen molar-refractivity contribution in [2.45, 2.75) is 6.54 Å². The average Bonchev–Trinajstić information content (AvgIpc) is 3.22. The van der Waals surface area contributed by atoms with Crippen molar-refractivity contribution in [2.24, 2.45) is 0 Å². The minimum absolute atomic E-state index is 0.370. The van der Waals surface area contributed by atoms with E-state index in [-0.39, 0.29) is 6.61 Å². The number of benzene rings is 3. The lowest BCUT2D eigenvalue weighted by molar-refractivity contribution is -0.139. The van der Waals surface area contributed by atoms with Crippen LogP contribution in [0.4, 0.5) is 5.69 Å². The predicted molar refractivity (Wildman–Crippen MR) is 114 cm³/mol. The van der Waals surface area contributed by atoms with Crippen molar-refractivity contribution in [2.75, 3.05) is 11.9 Å². The molecule has 0 spiro atoms. The van der Waals surface area contributed by atoms with Crippen molar-refractivity contribution in [1.29, 1.82) is 0 Å². The van der Waals surface area contributed by atoms with Gasteiger partial charge in [-0.1, -0.05) is 66.7 Å². The van der Waals surface area contributed by atoms with Gasteiger partial charge in [0.2, 0.25) is 5.89 Å². The number of aromatic nitrogens is 1. The standard InChI is InChI=1S/C24H20N2O4/c27-22(28)16-29-20-13-7-12-19(14-20)25-15-21-26-23(17-8-3-1-4-9-17)24(30-21)18-10-5-2-6-11-18/h1-14,25H,15-16H2,(H,27,28). The van der Waals surface area contributed by atoms with E-state index >= 15 is 0 Å². The van der Waals surface area contributed by atoms with Crippen LogP contribution in [0.2, 0.25) is 0 Å². The number of nitrogens with one attached hydrogen (secondary N) is 1. The number of carboxylic acid groups (broad SMARTS) is 1. The van der Waals surface area contributed by atoms with Crippen LogP contribution in [0.5, 0.6) is 5.75 Å². The Morgan fingerprint density at radius 2 is 1.63 bits per heavy atom. The van der Waals surface area contributed by atoms with E-state index in [2.05, 4.69) is 5.32 Å². The molecular weight excluding hydrogens is 380 g/mol. The molecule has 0 atom stereocenters. The highest BCUT2D eigenvalue weighted by Gasteiger charge is 2.16. The second kappa shape index (κ2) is 8.96. The molecule has 4 aromatic rings. The second-order valence-electron chi connectivity index (χ2n) is 6.58. The van der Waals surface area contributed by atoms with Gasteiger partial charge in [-0.05, 0) is 12.1 Å². The molecule has 0 unspecified atom stereocenters. The number of carbonyl (C=O) groups is 1. The molecule has 30 heavy (non-hydrogen) atoms. The number of rotatable bonds is 8. The molecule has 0 amide bonds. The summed E-state index contributed by atoms with van der Waals surface area (Å²) in [6.07, 6.45) is 0. The zero-order valence-electron chi connectivity index (χ0n) is 16.1. The second-order valence-corrected chi connectivity index (χ2v) is 6.58. The molecule has 0 aliphatic heterocycles. The zero-order valence-corrected chi connectivity index (χ0v) is 16.1. The van der Waals surface area contributed by atoms with Gasteiger partial charge in [-0.3, -0.25) is 0 Å². The van der Waals surface area contributed by atoms with E-state index in [1.807, 2.05) is 66.7 Å². The molecule has 2 N–H and O–H groups in total. The Hall–Kier alpha value is -4.06. The fourth-order valence-electron chi connectivity index (χ4n) is 3.04. The monoisotopic (exact) mass is 400 g/mol. The first-order chi connectivity index (χ1) is 14.7. The van der Waals surface area contributed by atoms with Gasteiger partial charge in [-0.15, -0.1) is 0 Å². The van der Waals surface area contributed by atoms with Crippen LogP contribution < -0.4 is 10.1 Å². The Labute approximate surface area is 173 Å². The summed E-state index contributed by atoms with van der Waals surface area (Å²) >= 11 is 0. The van der Waals surface area contributed by atoms with Crippen LogP contribution in [0.25, 0.3) is 22.6 Å². The molecule has 1 aromatic heterocycles. The van der Waals surface area contributed by atoms with Crippen molar-refractivity contribution < 1.29 is 19.1 Å². The van der Waals surface area contributed by atoms with Crippen LogP contribution >= 0.6 is 0 Å². The Morgan fingerprint density at radius 1 is 0.933 bits per heavy atom. The van der Waals surface area contributed by atoms with Crippen LogP contribution in [0, 0.1) is 0 Å². The molecule has 0 fully saturated rings. The molecule has 150 valence electrons. The highest BCUT2D eigenvalue weighted by molar-refractivity contribution is 5.76. The lowest BCUT2D eigenvalue weighted by Crippen LogP contribution is -2.09. The van der Waals surface area contributed by atoms with Crippen molar-refractivity contribution >= 4 is 11.7 Å². The Morgan fingerprint density at radius 3 is 2.33 bits per heavy atom. The van der Waals surface area contributed by atoms with Crippen molar-refractivity contribution in [3.05, 3.63) is 90.8 Å². The van der Waals surface area contributed by atoms with Gasteiger partial charge in [0.25, 0.3) is 0 Å². The van der Waals surface area contributed by atoms with Crippen molar-refractivity contribution in [1.82, 2.24) is 4.98 Å². The summed E-state index contributed by atoms with van der Waals surface area (Å²) in [5.74, 6) is 0.724. The van der Waals surface area contributed by atoms with Crippen LogP contribution in [-0.2, 0) is 11.3 Å². The third-order valence-corrected chi connectivity index (χ3v) is 4.39. The molecular formula is C24H20N2O4. The fourth-order valence-corrected chi connectivity index (χ4v) is 3.04. The van der Waals surface area contributed by atoms with E-state index in [0.717, 1.165) is 28.3 Å². The molecule has 0 aliphatic carbocycles. The minimum Gasteiger partial charge on any atom is -0.482 e. The smallest absolute Gasteiger partial charge is 0.341 e. The first-order valence-corrected chi connectivity index (χ1v) is 9.48. The third-order valence-electron chi connectivity index (χ3n) is 4.39. The molecule has 1 heterocycles. The fraction of sp³-hybridized carbons (Fsp3) is 0.0833. The topological polar surface area (TPSA) is 84.6 Å². The van der Waals surface area contributed by atoms with Crippen LogP contribution in [-0.4, -0.2) is 22.7 Å². The summed E-state index contributed by atoms with van der Waals surface area (Å²) in [5, 5.41) is 12.0. The molecule has 0 radical (unpaired) electrons. The molecule has 4 rings (SSSR count). The van der Waals surface area contributed by atoms with Gasteiger partial charge in [-0.2, -0.15) is 0 Å². The molecule has 0 saturated heterocycles. The van der Waals surface area contributed by atoms with Gasteiger partial charge < -0.3 is 19.6 Å². The molecule has 6 heteroatoms. The van der Waals surface area contributed by atoms with Gasteiger partial charge in [0.15, 0.2) is 12.4 Å². The maximum absolute atomic E-state index is 10.7. The summed E-state index contributed by atoms with van der Waals surface area (Å²) < 4.78 is 11.3. The first-order valence-electron chi connectivity index (χ1n) is 9.48. The summed E-state index contributed by atoms with van der Waals surface area (Å²) in [4.78, 5) is 15.4. The molecule has 6 nitrogen and oxygen atoms in total. The maximum atomic E-state index is 10.7. The third kappa shape index (κ3) is 4.67. The number of aliphatic carboxylic acids is 1. The van der Waals surface area contributed by atoms with E-state index < -0.39 is 5.97 Å². The summed E-state index contributed by atoms with van der Waals surface area (Å²) in [6, 6.07) is 26.9. The molecule has 0 aliphatic rings. The normalized spacial score (nSPS) is 10.5. The van der Waals surface area contributed by atoms with Gasteiger partial charge in [0.1, 0.15) is 11.4 Å². The van der Waals surface area contributed by atoms with Gasteiger partial charge >= 0.3 is 5.97 Å². The summed E-state index contributed by atoms with van der Waals surface area (Å²) in [7, 11) is 0. The Balaban J connectivity index is 1.56.